The molecule has 15 heavy (non-hydrogen) atoms. The maximum Gasteiger partial charge on any atom is 0.263 e. The van der Waals surface area contributed by atoms with Gasteiger partial charge in [-0.25, -0.2) is 8.42 Å². The number of hydrogen-bond donors (Lipinski definition) is 1. The molecule has 0 aliphatic rings. The van der Waals surface area contributed by atoms with Crippen LogP contribution < -0.4 is 5.73 Å². The van der Waals surface area contributed by atoms with Crippen LogP contribution in [0, 0.1) is 0 Å². The Balaban J connectivity index is 2.99. The highest BCUT2D eigenvalue weighted by Gasteiger charge is 2.17. The fourth-order valence-corrected chi connectivity index (χ4v) is 2.85. The molecule has 0 aromatic heterocycles. The van der Waals surface area contributed by atoms with Crippen LogP contribution in [-0.4, -0.2) is 8.42 Å². The normalized spacial score (nSPS) is 11.8. The summed E-state index contributed by atoms with van der Waals surface area (Å²) in [5.74, 6) is 0. The highest BCUT2D eigenvalue weighted by Crippen LogP contribution is 2.30. The fraction of sp³-hybridized carbons (Fsp3) is 0. The highest BCUT2D eigenvalue weighted by molar-refractivity contribution is 8.14. The number of fused-ring (bicyclic) bond motifs is 1. The van der Waals surface area contributed by atoms with Crippen molar-refractivity contribution in [3.63, 3.8) is 0 Å². The number of nitrogens with two attached hydrogens (primary N) is 1. The first-order valence-corrected chi connectivity index (χ1v) is 6.53. The largest absolute Gasteiger partial charge is 0.398 e. The summed E-state index contributed by atoms with van der Waals surface area (Å²) in [6.45, 7) is 0. The van der Waals surface area contributed by atoms with Gasteiger partial charge in [0.25, 0.3) is 9.05 Å². The molecule has 5 heteroatoms. The number of hydrogen-bond acceptors (Lipinski definition) is 3. The number of nitrogen functional groups attached to an aromatic ring is 1. The molecule has 0 heterocycles. The van der Waals surface area contributed by atoms with E-state index in [-0.39, 0.29) is 10.6 Å². The average molecular weight is 242 g/mol. The molecule has 0 aliphatic heterocycles. The second-order valence-electron chi connectivity index (χ2n) is 3.14. The number of benzene rings is 2. The van der Waals surface area contributed by atoms with Crippen LogP contribution in [0.2, 0.25) is 0 Å². The van der Waals surface area contributed by atoms with Gasteiger partial charge in [-0.05, 0) is 11.5 Å². The van der Waals surface area contributed by atoms with Crippen molar-refractivity contribution in [2.75, 3.05) is 5.73 Å². The van der Waals surface area contributed by atoms with E-state index in [0.29, 0.717) is 5.39 Å². The van der Waals surface area contributed by atoms with E-state index < -0.39 is 9.05 Å². The first-order valence-electron chi connectivity index (χ1n) is 4.22. The Morgan fingerprint density at radius 1 is 1.07 bits per heavy atom. The monoisotopic (exact) mass is 241 g/mol. The van der Waals surface area contributed by atoms with Gasteiger partial charge in [0.05, 0.1) is 5.69 Å². The molecule has 2 aromatic carbocycles. The van der Waals surface area contributed by atoms with Crippen molar-refractivity contribution in [2.45, 2.75) is 4.90 Å². The number of rotatable bonds is 1. The van der Waals surface area contributed by atoms with E-state index >= 15 is 0 Å². The predicted molar refractivity (Wildman–Crippen MR) is 61.4 cm³/mol. The lowest BCUT2D eigenvalue weighted by atomic mass is 10.1. The Labute approximate surface area is 91.9 Å². The number of anilines is 1. The summed E-state index contributed by atoms with van der Waals surface area (Å²) >= 11 is 0. The Kier molecular flexibility index (Phi) is 2.32. The summed E-state index contributed by atoms with van der Waals surface area (Å²) in [7, 11) is 1.52. The summed E-state index contributed by atoms with van der Waals surface area (Å²) in [5.41, 5.74) is 5.78. The minimum Gasteiger partial charge on any atom is -0.398 e. The van der Waals surface area contributed by atoms with Crippen molar-refractivity contribution in [3.8, 4) is 0 Å². The molecule has 0 unspecified atom stereocenters. The lowest BCUT2D eigenvalue weighted by molar-refractivity contribution is 0.610. The van der Waals surface area contributed by atoms with Gasteiger partial charge in [0.15, 0.2) is 0 Å². The average Bonchev–Trinajstić information content (AvgIpc) is 2.15. The SMILES string of the molecule is Nc1ccc2ccccc2c1S(=O)(=O)Cl. The van der Waals surface area contributed by atoms with Crippen LogP contribution in [0.3, 0.4) is 0 Å². The summed E-state index contributed by atoms with van der Waals surface area (Å²) in [6.07, 6.45) is 0. The van der Waals surface area contributed by atoms with Gasteiger partial charge in [-0.1, -0.05) is 30.3 Å². The van der Waals surface area contributed by atoms with E-state index in [1.165, 1.54) is 6.07 Å². The Morgan fingerprint density at radius 2 is 1.73 bits per heavy atom. The molecular weight excluding hydrogens is 234 g/mol. The summed E-state index contributed by atoms with van der Waals surface area (Å²) < 4.78 is 22.7. The standard InChI is InChI=1S/C10H8ClNO2S/c11-15(13,14)10-8-4-2-1-3-7(8)5-6-9(10)12/h1-6H,12H2. The molecule has 0 spiro atoms. The molecule has 0 fully saturated rings. The van der Waals surface area contributed by atoms with Crippen LogP contribution in [0.25, 0.3) is 10.8 Å². The first kappa shape index (κ1) is 10.3. The Hall–Kier alpha value is -1.26. The Morgan fingerprint density at radius 3 is 2.40 bits per heavy atom. The minimum atomic E-state index is -3.81. The predicted octanol–water partition coefficient (Wildman–Crippen LogP) is 2.35. The molecule has 2 N–H and O–H groups in total. The fourth-order valence-electron chi connectivity index (χ4n) is 1.53. The molecule has 0 amide bonds. The molecule has 0 saturated heterocycles. The maximum absolute atomic E-state index is 11.4. The van der Waals surface area contributed by atoms with Crippen molar-refractivity contribution in [3.05, 3.63) is 36.4 Å². The quantitative estimate of drug-likeness (QED) is 0.616. The third kappa shape index (κ3) is 1.78. The zero-order valence-corrected chi connectivity index (χ0v) is 9.22. The minimum absolute atomic E-state index is 0.0118. The van der Waals surface area contributed by atoms with Crippen molar-refractivity contribution in [1.82, 2.24) is 0 Å². The van der Waals surface area contributed by atoms with Gasteiger partial charge in [0.1, 0.15) is 4.90 Å². The third-order valence-corrected chi connectivity index (χ3v) is 3.56. The van der Waals surface area contributed by atoms with Crippen LogP contribution in [-0.2, 0) is 9.05 Å². The van der Waals surface area contributed by atoms with Crippen molar-refractivity contribution in [1.29, 1.82) is 0 Å². The van der Waals surface area contributed by atoms with E-state index in [1.807, 2.05) is 6.07 Å². The first-order chi connectivity index (χ1) is 7.00. The second kappa shape index (κ2) is 3.40. The topological polar surface area (TPSA) is 60.2 Å². The van der Waals surface area contributed by atoms with Gasteiger partial charge >= 0.3 is 0 Å². The van der Waals surface area contributed by atoms with Crippen LogP contribution in [0.4, 0.5) is 5.69 Å². The molecule has 3 nitrogen and oxygen atoms in total. The van der Waals surface area contributed by atoms with Gasteiger partial charge in [0.2, 0.25) is 0 Å². The van der Waals surface area contributed by atoms with Crippen LogP contribution in [0.1, 0.15) is 0 Å². The molecule has 0 bridgehead atoms. The van der Waals surface area contributed by atoms with E-state index in [2.05, 4.69) is 0 Å². The van der Waals surface area contributed by atoms with Crippen LogP contribution in [0.5, 0.6) is 0 Å². The van der Waals surface area contributed by atoms with E-state index in [0.717, 1.165) is 5.39 Å². The smallest absolute Gasteiger partial charge is 0.263 e. The van der Waals surface area contributed by atoms with Gasteiger partial charge in [-0.3, -0.25) is 0 Å². The van der Waals surface area contributed by atoms with Gasteiger partial charge < -0.3 is 5.73 Å². The van der Waals surface area contributed by atoms with Gasteiger partial charge in [0, 0.05) is 16.1 Å². The molecule has 2 aromatic rings. The van der Waals surface area contributed by atoms with Gasteiger partial charge in [-0.15, -0.1) is 0 Å². The summed E-state index contributed by atoms with van der Waals surface area (Å²) in [6, 6.07) is 10.4. The number of halogens is 1. The van der Waals surface area contributed by atoms with Crippen molar-refractivity contribution in [2.24, 2.45) is 0 Å². The summed E-state index contributed by atoms with van der Waals surface area (Å²) in [5, 5.41) is 1.35. The van der Waals surface area contributed by atoms with E-state index in [4.69, 9.17) is 16.4 Å². The molecule has 0 radical (unpaired) electrons. The molecular formula is C10H8ClNO2S. The second-order valence-corrected chi connectivity index (χ2v) is 5.65. The lowest BCUT2D eigenvalue weighted by Gasteiger charge is -2.06. The maximum atomic E-state index is 11.4. The molecule has 2 rings (SSSR count). The van der Waals surface area contributed by atoms with E-state index in [1.54, 1.807) is 24.3 Å². The van der Waals surface area contributed by atoms with Crippen molar-refractivity contribution >= 4 is 36.2 Å². The molecule has 0 saturated carbocycles. The van der Waals surface area contributed by atoms with Crippen molar-refractivity contribution < 1.29 is 8.42 Å². The van der Waals surface area contributed by atoms with Crippen LogP contribution in [0.15, 0.2) is 41.3 Å². The molecule has 78 valence electrons. The Bertz CT molecular complexity index is 622. The molecule has 0 aliphatic carbocycles. The zero-order chi connectivity index (χ0) is 11.1. The third-order valence-electron chi connectivity index (χ3n) is 2.15. The highest BCUT2D eigenvalue weighted by atomic mass is 35.7. The lowest BCUT2D eigenvalue weighted by Crippen LogP contribution is -1.99. The zero-order valence-electron chi connectivity index (χ0n) is 7.64. The van der Waals surface area contributed by atoms with Crippen LogP contribution >= 0.6 is 10.7 Å². The molecule has 0 atom stereocenters. The summed E-state index contributed by atoms with van der Waals surface area (Å²) in [4.78, 5) is -0.0118. The van der Waals surface area contributed by atoms with Gasteiger partial charge in [-0.2, -0.15) is 0 Å². The van der Waals surface area contributed by atoms with E-state index in [9.17, 15) is 8.42 Å².